The first-order chi connectivity index (χ1) is 9.95. The second-order valence-electron chi connectivity index (χ2n) is 4.37. The number of carbonyl (C=O) groups is 2. The van der Waals surface area contributed by atoms with Gasteiger partial charge in [0.1, 0.15) is 11.9 Å². The Hall–Kier alpha value is -1.60. The Morgan fingerprint density at radius 3 is 2.76 bits per heavy atom. The van der Waals surface area contributed by atoms with E-state index in [0.717, 1.165) is 0 Å². The van der Waals surface area contributed by atoms with Gasteiger partial charge in [0, 0.05) is 11.3 Å². The summed E-state index contributed by atoms with van der Waals surface area (Å²) in [5.41, 5.74) is 11.5. The van der Waals surface area contributed by atoms with Crippen LogP contribution in [0.4, 0.5) is 4.39 Å². The summed E-state index contributed by atoms with van der Waals surface area (Å²) in [7, 11) is 0. The summed E-state index contributed by atoms with van der Waals surface area (Å²) in [4.78, 5) is 22.4. The van der Waals surface area contributed by atoms with E-state index in [0.29, 0.717) is 30.1 Å². The molecule has 1 unspecified atom stereocenters. The molecule has 0 saturated carbocycles. The van der Waals surface area contributed by atoms with E-state index >= 15 is 0 Å². The fourth-order valence-electron chi connectivity index (χ4n) is 1.60. The Morgan fingerprint density at radius 1 is 1.43 bits per heavy atom. The van der Waals surface area contributed by atoms with Crippen molar-refractivity contribution >= 4 is 23.6 Å². The van der Waals surface area contributed by atoms with Crippen LogP contribution in [0, 0.1) is 5.82 Å². The van der Waals surface area contributed by atoms with E-state index in [-0.39, 0.29) is 11.4 Å². The van der Waals surface area contributed by atoms with Gasteiger partial charge in [-0.15, -0.1) is 0 Å². The SMILES string of the molecule is CCOC(=O)C(N)CCSCc1cc(C(N)=O)ccc1F. The Morgan fingerprint density at radius 2 is 2.14 bits per heavy atom. The molecule has 0 aliphatic rings. The van der Waals surface area contributed by atoms with Gasteiger partial charge in [-0.3, -0.25) is 9.59 Å². The summed E-state index contributed by atoms with van der Waals surface area (Å²) in [6.07, 6.45) is 0.445. The molecule has 0 heterocycles. The van der Waals surface area contributed by atoms with E-state index in [1.54, 1.807) is 6.92 Å². The minimum Gasteiger partial charge on any atom is -0.465 e. The zero-order valence-electron chi connectivity index (χ0n) is 11.8. The zero-order valence-corrected chi connectivity index (χ0v) is 12.6. The average Bonchev–Trinajstić information content (AvgIpc) is 2.44. The number of amides is 1. The van der Waals surface area contributed by atoms with Crippen LogP contribution in [-0.4, -0.2) is 30.3 Å². The number of hydrogen-bond acceptors (Lipinski definition) is 5. The molecule has 0 aliphatic heterocycles. The third kappa shape index (κ3) is 5.73. The lowest BCUT2D eigenvalue weighted by atomic mass is 10.1. The second-order valence-corrected chi connectivity index (χ2v) is 5.48. The van der Waals surface area contributed by atoms with Crippen molar-refractivity contribution in [3.63, 3.8) is 0 Å². The van der Waals surface area contributed by atoms with E-state index < -0.39 is 17.9 Å². The van der Waals surface area contributed by atoms with Crippen LogP contribution in [0.2, 0.25) is 0 Å². The van der Waals surface area contributed by atoms with Gasteiger partial charge in [0.25, 0.3) is 0 Å². The van der Waals surface area contributed by atoms with Crippen LogP contribution in [-0.2, 0) is 15.3 Å². The highest BCUT2D eigenvalue weighted by atomic mass is 32.2. The van der Waals surface area contributed by atoms with E-state index in [2.05, 4.69) is 0 Å². The topological polar surface area (TPSA) is 95.4 Å². The van der Waals surface area contributed by atoms with Crippen molar-refractivity contribution in [2.75, 3.05) is 12.4 Å². The molecule has 1 aromatic carbocycles. The van der Waals surface area contributed by atoms with Crippen molar-refractivity contribution < 1.29 is 18.7 Å². The second kappa shape index (κ2) is 8.63. The third-order valence-electron chi connectivity index (χ3n) is 2.75. The quantitative estimate of drug-likeness (QED) is 0.559. The van der Waals surface area contributed by atoms with Gasteiger partial charge in [-0.1, -0.05) is 0 Å². The molecule has 0 aliphatic carbocycles. The first kappa shape index (κ1) is 17.5. The lowest BCUT2D eigenvalue weighted by Crippen LogP contribution is -2.32. The maximum atomic E-state index is 13.6. The summed E-state index contributed by atoms with van der Waals surface area (Å²) in [6, 6.07) is 3.35. The minimum atomic E-state index is -0.667. The molecule has 0 bridgehead atoms. The molecule has 1 rings (SSSR count). The van der Waals surface area contributed by atoms with Gasteiger partial charge >= 0.3 is 5.97 Å². The maximum absolute atomic E-state index is 13.6. The molecule has 0 spiro atoms. The Balaban J connectivity index is 2.44. The molecule has 7 heteroatoms. The normalized spacial score (nSPS) is 12.0. The molecule has 5 nitrogen and oxygen atoms in total. The smallest absolute Gasteiger partial charge is 0.322 e. The van der Waals surface area contributed by atoms with Gasteiger partial charge in [-0.05, 0) is 42.9 Å². The highest BCUT2D eigenvalue weighted by molar-refractivity contribution is 7.98. The number of esters is 1. The number of rotatable bonds is 8. The lowest BCUT2D eigenvalue weighted by Gasteiger charge is -2.10. The molecule has 21 heavy (non-hydrogen) atoms. The number of nitrogens with two attached hydrogens (primary N) is 2. The highest BCUT2D eigenvalue weighted by Gasteiger charge is 2.14. The first-order valence-corrected chi connectivity index (χ1v) is 7.69. The van der Waals surface area contributed by atoms with Crippen LogP contribution in [0.15, 0.2) is 18.2 Å². The number of thioether (sulfide) groups is 1. The van der Waals surface area contributed by atoms with Gasteiger partial charge in [-0.25, -0.2) is 4.39 Å². The van der Waals surface area contributed by atoms with Gasteiger partial charge in [0.15, 0.2) is 0 Å². The number of primary amides is 1. The van der Waals surface area contributed by atoms with E-state index in [9.17, 15) is 14.0 Å². The number of carbonyl (C=O) groups excluding carboxylic acids is 2. The fourth-order valence-corrected chi connectivity index (χ4v) is 2.60. The van der Waals surface area contributed by atoms with Crippen molar-refractivity contribution in [2.45, 2.75) is 25.1 Å². The predicted octanol–water partition coefficient (Wildman–Crippen LogP) is 1.44. The fraction of sp³-hybridized carbons (Fsp3) is 0.429. The molecular weight excluding hydrogens is 295 g/mol. The highest BCUT2D eigenvalue weighted by Crippen LogP contribution is 2.18. The van der Waals surface area contributed by atoms with Crippen LogP contribution in [0.3, 0.4) is 0 Å². The van der Waals surface area contributed by atoms with E-state index in [4.69, 9.17) is 16.2 Å². The largest absolute Gasteiger partial charge is 0.465 e. The van der Waals surface area contributed by atoms with Crippen LogP contribution in [0.25, 0.3) is 0 Å². The standard InChI is InChI=1S/C14H19FN2O3S/c1-2-20-14(19)12(16)5-6-21-8-10-7-9(13(17)18)3-4-11(10)15/h3-4,7,12H,2,5-6,8,16H2,1H3,(H2,17,18). The molecule has 1 amide bonds. The lowest BCUT2D eigenvalue weighted by molar-refractivity contribution is -0.144. The Bertz CT molecular complexity index is 511. The third-order valence-corrected chi connectivity index (χ3v) is 3.79. The summed E-state index contributed by atoms with van der Waals surface area (Å²) >= 11 is 1.42. The van der Waals surface area contributed by atoms with Crippen molar-refractivity contribution in [1.82, 2.24) is 0 Å². The molecule has 0 fully saturated rings. The molecule has 4 N–H and O–H groups in total. The molecule has 1 atom stereocenters. The average molecular weight is 314 g/mol. The first-order valence-electron chi connectivity index (χ1n) is 6.54. The van der Waals surface area contributed by atoms with Gasteiger partial charge in [0.05, 0.1) is 6.61 Å². The number of hydrogen-bond donors (Lipinski definition) is 2. The maximum Gasteiger partial charge on any atom is 0.322 e. The van der Waals surface area contributed by atoms with Crippen LogP contribution >= 0.6 is 11.8 Å². The molecule has 1 aromatic rings. The summed E-state index contributed by atoms with van der Waals surface area (Å²) < 4.78 is 18.4. The van der Waals surface area contributed by atoms with Gasteiger partial charge < -0.3 is 16.2 Å². The molecular formula is C14H19FN2O3S. The van der Waals surface area contributed by atoms with Crippen molar-refractivity contribution in [2.24, 2.45) is 11.5 Å². The minimum absolute atomic E-state index is 0.273. The van der Waals surface area contributed by atoms with Crippen molar-refractivity contribution in [3.8, 4) is 0 Å². The van der Waals surface area contributed by atoms with Crippen molar-refractivity contribution in [1.29, 1.82) is 0 Å². The molecule has 0 radical (unpaired) electrons. The van der Waals surface area contributed by atoms with E-state index in [1.807, 2.05) is 0 Å². The number of ether oxygens (including phenoxy) is 1. The van der Waals surface area contributed by atoms with Crippen LogP contribution in [0.1, 0.15) is 29.3 Å². The summed E-state index contributed by atoms with van der Waals surface area (Å²) in [6.45, 7) is 2.01. The summed E-state index contributed by atoms with van der Waals surface area (Å²) in [5, 5.41) is 0. The van der Waals surface area contributed by atoms with Gasteiger partial charge in [0.2, 0.25) is 5.91 Å². The van der Waals surface area contributed by atoms with Crippen molar-refractivity contribution in [3.05, 3.63) is 35.1 Å². The number of halogens is 1. The Kier molecular flexibility index (Phi) is 7.18. The Labute approximate surface area is 127 Å². The number of benzene rings is 1. The van der Waals surface area contributed by atoms with E-state index in [1.165, 1.54) is 30.0 Å². The zero-order chi connectivity index (χ0) is 15.8. The predicted molar refractivity (Wildman–Crippen MR) is 80.3 cm³/mol. The van der Waals surface area contributed by atoms with Crippen LogP contribution in [0.5, 0.6) is 0 Å². The monoisotopic (exact) mass is 314 g/mol. The molecule has 0 saturated heterocycles. The van der Waals surface area contributed by atoms with Gasteiger partial charge in [-0.2, -0.15) is 11.8 Å². The molecule has 0 aromatic heterocycles. The van der Waals surface area contributed by atoms with Crippen LogP contribution < -0.4 is 11.5 Å². The molecule has 116 valence electrons. The summed E-state index contributed by atoms with van der Waals surface area (Å²) in [5.74, 6) is -0.448.